The Morgan fingerprint density at radius 3 is 2.79 bits per heavy atom. The molecule has 2 fully saturated rings. The molecular weight excluding hydrogens is 240 g/mol. The number of nitriles is 1. The van der Waals surface area contributed by atoms with Crippen LogP contribution in [0.3, 0.4) is 0 Å². The van der Waals surface area contributed by atoms with Gasteiger partial charge in [-0.2, -0.15) is 5.26 Å². The molecule has 1 atom stereocenters. The molecule has 2 rings (SSSR count). The Bertz CT molecular complexity index is 325. The van der Waals surface area contributed by atoms with Gasteiger partial charge in [-0.05, 0) is 51.2 Å². The molecule has 2 heterocycles. The van der Waals surface area contributed by atoms with E-state index in [1.165, 1.54) is 32.2 Å². The third-order valence-electron chi connectivity index (χ3n) is 4.23. The molecule has 5 heteroatoms. The first kappa shape index (κ1) is 14.3. The summed E-state index contributed by atoms with van der Waals surface area (Å²) >= 11 is 0. The van der Waals surface area contributed by atoms with Gasteiger partial charge in [0.15, 0.2) is 0 Å². The molecule has 2 saturated heterocycles. The van der Waals surface area contributed by atoms with E-state index in [-0.39, 0.29) is 5.91 Å². The summed E-state index contributed by atoms with van der Waals surface area (Å²) in [5.74, 6) is 0.841. The van der Waals surface area contributed by atoms with Crippen molar-refractivity contribution in [1.82, 2.24) is 15.5 Å². The Kier molecular flexibility index (Phi) is 5.62. The number of nitrogens with one attached hydrogen (secondary N) is 2. The quantitative estimate of drug-likeness (QED) is 0.709. The van der Waals surface area contributed by atoms with E-state index in [0.717, 1.165) is 19.0 Å². The van der Waals surface area contributed by atoms with Crippen molar-refractivity contribution < 1.29 is 4.79 Å². The van der Waals surface area contributed by atoms with E-state index in [2.05, 4.69) is 15.5 Å². The van der Waals surface area contributed by atoms with Crippen LogP contribution in [0.25, 0.3) is 0 Å². The largest absolute Gasteiger partial charge is 0.354 e. The van der Waals surface area contributed by atoms with Crippen molar-refractivity contribution >= 4 is 5.91 Å². The molecule has 2 aliphatic rings. The molecular formula is C14H24N4O. The number of amides is 1. The third kappa shape index (κ3) is 4.48. The van der Waals surface area contributed by atoms with Crippen molar-refractivity contribution in [3.63, 3.8) is 0 Å². The number of carbonyl (C=O) groups is 1. The molecule has 0 spiro atoms. The summed E-state index contributed by atoms with van der Waals surface area (Å²) in [5.41, 5.74) is 0. The molecule has 0 bridgehead atoms. The topological polar surface area (TPSA) is 68.2 Å². The van der Waals surface area contributed by atoms with Gasteiger partial charge in [0, 0.05) is 12.6 Å². The fourth-order valence-corrected chi connectivity index (χ4v) is 3.14. The van der Waals surface area contributed by atoms with Gasteiger partial charge in [-0.1, -0.05) is 0 Å². The number of nitrogens with zero attached hydrogens (tertiary/aromatic N) is 2. The van der Waals surface area contributed by atoms with Crippen molar-refractivity contribution in [2.24, 2.45) is 5.92 Å². The van der Waals surface area contributed by atoms with E-state index in [4.69, 9.17) is 5.26 Å². The second-order valence-electron chi connectivity index (χ2n) is 5.57. The van der Waals surface area contributed by atoms with E-state index in [1.54, 1.807) is 0 Å². The average molecular weight is 264 g/mol. The third-order valence-corrected chi connectivity index (χ3v) is 4.23. The Hall–Kier alpha value is -1.12. The lowest BCUT2D eigenvalue weighted by atomic mass is 9.88. The summed E-state index contributed by atoms with van der Waals surface area (Å²) < 4.78 is 0. The molecule has 2 N–H and O–H groups in total. The van der Waals surface area contributed by atoms with Crippen LogP contribution < -0.4 is 10.6 Å². The standard InChI is InChI=1S/C14H24N4O/c15-6-2-8-17-14(19)11-18-9-4-12(5-10-18)13-3-1-7-16-13/h12-13,16H,1-5,7-11H2,(H,17,19). The maximum atomic E-state index is 11.6. The van der Waals surface area contributed by atoms with Crippen molar-refractivity contribution in [2.75, 3.05) is 32.7 Å². The van der Waals surface area contributed by atoms with Gasteiger partial charge in [-0.25, -0.2) is 0 Å². The van der Waals surface area contributed by atoms with Gasteiger partial charge in [0.25, 0.3) is 0 Å². The van der Waals surface area contributed by atoms with Crippen molar-refractivity contribution in [3.05, 3.63) is 0 Å². The fraction of sp³-hybridized carbons (Fsp3) is 0.857. The lowest BCUT2D eigenvalue weighted by molar-refractivity contribution is -0.122. The lowest BCUT2D eigenvalue weighted by Gasteiger charge is -2.34. The Balaban J connectivity index is 1.63. The molecule has 0 aromatic heterocycles. The van der Waals surface area contributed by atoms with Crippen LogP contribution in [0.2, 0.25) is 0 Å². The van der Waals surface area contributed by atoms with Gasteiger partial charge >= 0.3 is 0 Å². The summed E-state index contributed by atoms with van der Waals surface area (Å²) in [7, 11) is 0. The van der Waals surface area contributed by atoms with Gasteiger partial charge in [-0.15, -0.1) is 0 Å². The van der Waals surface area contributed by atoms with Gasteiger partial charge in [-0.3, -0.25) is 9.69 Å². The highest BCUT2D eigenvalue weighted by atomic mass is 16.2. The zero-order valence-electron chi connectivity index (χ0n) is 11.5. The van der Waals surface area contributed by atoms with Gasteiger partial charge < -0.3 is 10.6 Å². The molecule has 1 unspecified atom stereocenters. The zero-order chi connectivity index (χ0) is 13.5. The highest BCUT2D eigenvalue weighted by Gasteiger charge is 2.28. The Morgan fingerprint density at radius 2 is 2.16 bits per heavy atom. The van der Waals surface area contributed by atoms with Crippen molar-refractivity contribution in [3.8, 4) is 6.07 Å². The van der Waals surface area contributed by atoms with Crippen molar-refractivity contribution in [1.29, 1.82) is 5.26 Å². The van der Waals surface area contributed by atoms with E-state index < -0.39 is 0 Å². The molecule has 2 aliphatic heterocycles. The summed E-state index contributed by atoms with van der Waals surface area (Å²) in [5, 5.41) is 14.8. The maximum absolute atomic E-state index is 11.6. The molecule has 5 nitrogen and oxygen atoms in total. The van der Waals surface area contributed by atoms with Crippen LogP contribution in [0.1, 0.15) is 32.1 Å². The zero-order valence-corrected chi connectivity index (χ0v) is 11.5. The summed E-state index contributed by atoms with van der Waals surface area (Å²) in [6, 6.07) is 2.74. The van der Waals surface area contributed by atoms with Crippen LogP contribution >= 0.6 is 0 Å². The van der Waals surface area contributed by atoms with E-state index in [0.29, 0.717) is 25.6 Å². The van der Waals surface area contributed by atoms with Gasteiger partial charge in [0.2, 0.25) is 5.91 Å². The van der Waals surface area contributed by atoms with Crippen LogP contribution in [0, 0.1) is 17.2 Å². The molecule has 0 aromatic carbocycles. The number of carbonyl (C=O) groups excluding carboxylic acids is 1. The molecule has 0 saturated carbocycles. The second kappa shape index (κ2) is 7.46. The SMILES string of the molecule is N#CCCNC(=O)CN1CCC(C2CCCN2)CC1. The Morgan fingerprint density at radius 1 is 1.37 bits per heavy atom. The molecule has 1 amide bonds. The van der Waals surface area contributed by atoms with Gasteiger partial charge in [0.05, 0.1) is 19.0 Å². The number of likely N-dealkylation sites (tertiary alicyclic amines) is 1. The Labute approximate surface area is 115 Å². The fourth-order valence-electron chi connectivity index (χ4n) is 3.14. The molecule has 0 aromatic rings. The summed E-state index contributed by atoms with van der Waals surface area (Å²) in [4.78, 5) is 13.9. The maximum Gasteiger partial charge on any atom is 0.234 e. The predicted octanol–water partition coefficient (Wildman–Crippen LogP) is 0.480. The average Bonchev–Trinajstić information content (AvgIpc) is 2.94. The first-order valence-corrected chi connectivity index (χ1v) is 7.39. The van der Waals surface area contributed by atoms with Crippen LogP contribution in [0.5, 0.6) is 0 Å². The van der Waals surface area contributed by atoms with E-state index >= 15 is 0 Å². The normalized spacial score (nSPS) is 25.1. The molecule has 19 heavy (non-hydrogen) atoms. The van der Waals surface area contributed by atoms with Crippen LogP contribution in [-0.2, 0) is 4.79 Å². The highest BCUT2D eigenvalue weighted by molar-refractivity contribution is 5.78. The minimum absolute atomic E-state index is 0.0488. The summed E-state index contributed by atoms with van der Waals surface area (Å²) in [6.45, 7) is 4.17. The van der Waals surface area contributed by atoms with Crippen LogP contribution in [-0.4, -0.2) is 49.6 Å². The number of rotatable bonds is 5. The number of hydrogen-bond donors (Lipinski definition) is 2. The van der Waals surface area contributed by atoms with Crippen LogP contribution in [0.15, 0.2) is 0 Å². The number of hydrogen-bond acceptors (Lipinski definition) is 4. The first-order chi connectivity index (χ1) is 9.29. The van der Waals surface area contributed by atoms with Crippen molar-refractivity contribution in [2.45, 2.75) is 38.1 Å². The second-order valence-corrected chi connectivity index (χ2v) is 5.57. The monoisotopic (exact) mass is 264 g/mol. The minimum atomic E-state index is 0.0488. The summed E-state index contributed by atoms with van der Waals surface area (Å²) in [6.07, 6.45) is 5.42. The minimum Gasteiger partial charge on any atom is -0.354 e. The van der Waals surface area contributed by atoms with E-state index in [1.807, 2.05) is 6.07 Å². The molecule has 0 aliphatic carbocycles. The molecule has 0 radical (unpaired) electrons. The smallest absolute Gasteiger partial charge is 0.234 e. The number of piperidine rings is 1. The van der Waals surface area contributed by atoms with Crippen LogP contribution in [0.4, 0.5) is 0 Å². The predicted molar refractivity (Wildman–Crippen MR) is 73.4 cm³/mol. The molecule has 106 valence electrons. The first-order valence-electron chi connectivity index (χ1n) is 7.39. The lowest BCUT2D eigenvalue weighted by Crippen LogP contribution is -2.44. The highest BCUT2D eigenvalue weighted by Crippen LogP contribution is 2.25. The van der Waals surface area contributed by atoms with Gasteiger partial charge in [0.1, 0.15) is 0 Å². The van der Waals surface area contributed by atoms with E-state index in [9.17, 15) is 4.79 Å².